The summed E-state index contributed by atoms with van der Waals surface area (Å²) in [5.74, 6) is 1.10. The Labute approximate surface area is 201 Å². The first-order valence-electron chi connectivity index (χ1n) is 12.0. The zero-order valence-corrected chi connectivity index (χ0v) is 19.6. The molecule has 1 fully saturated rings. The normalized spacial score (nSPS) is 15.4. The van der Waals surface area contributed by atoms with Gasteiger partial charge in [-0.3, -0.25) is 9.69 Å². The Bertz CT molecular complexity index is 1230. The van der Waals surface area contributed by atoms with Crippen molar-refractivity contribution in [3.05, 3.63) is 102 Å². The number of para-hydroxylation sites is 1. The van der Waals surface area contributed by atoms with E-state index in [9.17, 15) is 4.79 Å². The number of aromatic nitrogens is 1. The first-order valence-corrected chi connectivity index (χ1v) is 12.0. The number of amides is 1. The number of hydrogen-bond donors (Lipinski definition) is 1. The molecular formula is C29H31N3O2. The molecule has 1 amide bonds. The lowest BCUT2D eigenvalue weighted by Crippen LogP contribution is -2.49. The Morgan fingerprint density at radius 1 is 0.882 bits per heavy atom. The predicted molar refractivity (Wildman–Crippen MR) is 136 cm³/mol. The van der Waals surface area contributed by atoms with Crippen LogP contribution in [0.1, 0.15) is 29.2 Å². The van der Waals surface area contributed by atoms with Gasteiger partial charge in [-0.25, -0.2) is 0 Å². The van der Waals surface area contributed by atoms with Crippen molar-refractivity contribution in [2.24, 2.45) is 0 Å². The summed E-state index contributed by atoms with van der Waals surface area (Å²) in [5, 5.41) is 1.21. The number of piperazine rings is 1. The summed E-state index contributed by atoms with van der Waals surface area (Å²) in [6.45, 7) is 3.22. The highest BCUT2D eigenvalue weighted by Gasteiger charge is 2.28. The van der Waals surface area contributed by atoms with E-state index in [0.29, 0.717) is 6.42 Å². The van der Waals surface area contributed by atoms with E-state index >= 15 is 0 Å². The van der Waals surface area contributed by atoms with Crippen LogP contribution in [-0.2, 0) is 11.2 Å². The summed E-state index contributed by atoms with van der Waals surface area (Å²) in [5.41, 5.74) is 4.85. The molecular weight excluding hydrogens is 422 g/mol. The molecule has 2 heterocycles. The number of fused-ring (bicyclic) bond motifs is 1. The van der Waals surface area contributed by atoms with Crippen LogP contribution in [-0.4, -0.2) is 54.0 Å². The van der Waals surface area contributed by atoms with E-state index in [4.69, 9.17) is 4.74 Å². The number of aromatic amines is 1. The van der Waals surface area contributed by atoms with E-state index in [0.717, 1.165) is 43.9 Å². The molecule has 34 heavy (non-hydrogen) atoms. The number of nitrogens with zero attached hydrogens (tertiary/aromatic N) is 2. The van der Waals surface area contributed by atoms with Crippen LogP contribution >= 0.6 is 0 Å². The Morgan fingerprint density at radius 2 is 1.56 bits per heavy atom. The molecule has 3 aromatic carbocycles. The van der Waals surface area contributed by atoms with Crippen LogP contribution in [0, 0.1) is 0 Å². The third-order valence-electron chi connectivity index (χ3n) is 6.86. The van der Waals surface area contributed by atoms with Gasteiger partial charge in [-0.2, -0.15) is 0 Å². The maximum Gasteiger partial charge on any atom is 0.222 e. The average molecular weight is 454 g/mol. The van der Waals surface area contributed by atoms with Gasteiger partial charge in [-0.05, 0) is 41.3 Å². The second kappa shape index (κ2) is 10.1. The summed E-state index contributed by atoms with van der Waals surface area (Å²) < 4.78 is 5.35. The number of H-pyrrole nitrogens is 1. The SMILES string of the molecule is COc1ccc([C@@H](c2ccccc2)N2CCN(C(=O)CCc3c[nH]c4ccccc34)CC2)cc1. The van der Waals surface area contributed by atoms with Crippen molar-refractivity contribution >= 4 is 16.8 Å². The predicted octanol–water partition coefficient (Wildman–Crippen LogP) is 5.04. The molecule has 1 aliphatic heterocycles. The summed E-state index contributed by atoms with van der Waals surface area (Å²) in [4.78, 5) is 20.8. The van der Waals surface area contributed by atoms with Crippen LogP contribution in [0.25, 0.3) is 10.9 Å². The highest BCUT2D eigenvalue weighted by molar-refractivity contribution is 5.84. The van der Waals surface area contributed by atoms with Gasteiger partial charge in [0.25, 0.3) is 0 Å². The third kappa shape index (κ3) is 4.70. The maximum absolute atomic E-state index is 13.0. The molecule has 1 aromatic heterocycles. The van der Waals surface area contributed by atoms with E-state index in [2.05, 4.69) is 64.5 Å². The maximum atomic E-state index is 13.0. The monoisotopic (exact) mass is 453 g/mol. The Morgan fingerprint density at radius 3 is 2.29 bits per heavy atom. The topological polar surface area (TPSA) is 48.6 Å². The molecule has 4 aromatic rings. The Balaban J connectivity index is 1.24. The van der Waals surface area contributed by atoms with Crippen molar-refractivity contribution in [2.75, 3.05) is 33.3 Å². The number of benzene rings is 3. The van der Waals surface area contributed by atoms with Crippen molar-refractivity contribution in [3.8, 4) is 5.75 Å². The van der Waals surface area contributed by atoms with Gasteiger partial charge in [0.1, 0.15) is 5.75 Å². The number of methoxy groups -OCH3 is 1. The van der Waals surface area contributed by atoms with Gasteiger partial charge < -0.3 is 14.6 Å². The smallest absolute Gasteiger partial charge is 0.222 e. The second-order valence-electron chi connectivity index (χ2n) is 8.86. The van der Waals surface area contributed by atoms with Crippen LogP contribution in [0.3, 0.4) is 0 Å². The molecule has 0 spiro atoms. The highest BCUT2D eigenvalue weighted by Crippen LogP contribution is 2.31. The first-order chi connectivity index (χ1) is 16.7. The molecule has 0 radical (unpaired) electrons. The first kappa shape index (κ1) is 22.2. The number of aryl methyl sites for hydroxylation is 1. The van der Waals surface area contributed by atoms with Gasteiger partial charge >= 0.3 is 0 Å². The van der Waals surface area contributed by atoms with Crippen LogP contribution < -0.4 is 4.74 Å². The van der Waals surface area contributed by atoms with Crippen molar-refractivity contribution in [1.82, 2.24) is 14.8 Å². The van der Waals surface area contributed by atoms with Gasteiger partial charge in [0.05, 0.1) is 13.2 Å². The van der Waals surface area contributed by atoms with Crippen molar-refractivity contribution in [2.45, 2.75) is 18.9 Å². The lowest BCUT2D eigenvalue weighted by molar-refractivity contribution is -0.133. The fraction of sp³-hybridized carbons (Fsp3) is 0.276. The molecule has 174 valence electrons. The minimum absolute atomic E-state index is 0.163. The number of ether oxygens (including phenoxy) is 1. The average Bonchev–Trinajstić information content (AvgIpc) is 3.32. The number of carbonyl (C=O) groups is 1. The molecule has 0 unspecified atom stereocenters. The van der Waals surface area contributed by atoms with Crippen molar-refractivity contribution < 1.29 is 9.53 Å². The number of rotatable bonds is 7. The molecule has 1 atom stereocenters. The van der Waals surface area contributed by atoms with Gasteiger partial charge in [0, 0.05) is 49.7 Å². The van der Waals surface area contributed by atoms with E-state index in [1.807, 2.05) is 35.4 Å². The fourth-order valence-corrected chi connectivity index (χ4v) is 5.00. The van der Waals surface area contributed by atoms with Crippen LogP contribution in [0.15, 0.2) is 85.1 Å². The lowest BCUT2D eigenvalue weighted by atomic mass is 9.96. The quantitative estimate of drug-likeness (QED) is 0.426. The summed E-state index contributed by atoms with van der Waals surface area (Å²) in [6, 6.07) is 27.4. The lowest BCUT2D eigenvalue weighted by Gasteiger charge is -2.40. The van der Waals surface area contributed by atoms with Gasteiger partial charge in [0.2, 0.25) is 5.91 Å². The van der Waals surface area contributed by atoms with E-state index < -0.39 is 0 Å². The summed E-state index contributed by atoms with van der Waals surface area (Å²) in [6.07, 6.45) is 3.35. The summed E-state index contributed by atoms with van der Waals surface area (Å²) >= 11 is 0. The van der Waals surface area contributed by atoms with E-state index in [1.165, 1.54) is 22.1 Å². The minimum Gasteiger partial charge on any atom is -0.497 e. The summed E-state index contributed by atoms with van der Waals surface area (Å²) in [7, 11) is 1.69. The van der Waals surface area contributed by atoms with Gasteiger partial charge in [-0.15, -0.1) is 0 Å². The number of nitrogens with one attached hydrogen (secondary N) is 1. The van der Waals surface area contributed by atoms with Crippen LogP contribution in [0.4, 0.5) is 0 Å². The molecule has 1 saturated heterocycles. The largest absolute Gasteiger partial charge is 0.497 e. The second-order valence-corrected chi connectivity index (χ2v) is 8.86. The van der Waals surface area contributed by atoms with E-state index in [1.54, 1.807) is 7.11 Å². The molecule has 5 rings (SSSR count). The third-order valence-corrected chi connectivity index (χ3v) is 6.86. The molecule has 5 nitrogen and oxygen atoms in total. The standard InChI is InChI=1S/C29H31N3O2/c1-34-25-14-11-23(12-15-25)29(22-7-3-2-4-8-22)32-19-17-31(18-20-32)28(33)16-13-24-21-30-27-10-6-5-9-26(24)27/h2-12,14-15,21,29-30H,13,16-20H2,1H3/t29-/m1/s1. The zero-order valence-electron chi connectivity index (χ0n) is 19.6. The Hall–Kier alpha value is -3.57. The minimum atomic E-state index is 0.163. The van der Waals surface area contributed by atoms with E-state index in [-0.39, 0.29) is 11.9 Å². The molecule has 1 aliphatic rings. The molecule has 5 heteroatoms. The fourth-order valence-electron chi connectivity index (χ4n) is 5.00. The number of hydrogen-bond acceptors (Lipinski definition) is 3. The van der Waals surface area contributed by atoms with Gasteiger partial charge in [0.15, 0.2) is 0 Å². The van der Waals surface area contributed by atoms with Crippen LogP contribution in [0.2, 0.25) is 0 Å². The molecule has 0 aliphatic carbocycles. The van der Waals surface area contributed by atoms with Gasteiger partial charge in [-0.1, -0.05) is 60.7 Å². The molecule has 1 N–H and O–H groups in total. The van der Waals surface area contributed by atoms with Crippen LogP contribution in [0.5, 0.6) is 5.75 Å². The number of carbonyl (C=O) groups excluding carboxylic acids is 1. The zero-order chi connectivity index (χ0) is 23.3. The molecule has 0 saturated carbocycles. The molecule has 0 bridgehead atoms. The van der Waals surface area contributed by atoms with Crippen molar-refractivity contribution in [1.29, 1.82) is 0 Å². The van der Waals surface area contributed by atoms with Crippen molar-refractivity contribution in [3.63, 3.8) is 0 Å². The highest BCUT2D eigenvalue weighted by atomic mass is 16.5. The Kier molecular flexibility index (Phi) is 6.63.